The monoisotopic (exact) mass is 764 g/mol. The van der Waals surface area contributed by atoms with Crippen LogP contribution < -0.4 is 0 Å². The zero-order valence-electron chi connectivity index (χ0n) is 32.7. The van der Waals surface area contributed by atoms with Crippen LogP contribution >= 0.6 is 0 Å². The molecule has 54 heavy (non-hydrogen) atoms. The van der Waals surface area contributed by atoms with Gasteiger partial charge >= 0.3 is 5.97 Å². The molecule has 0 amide bonds. The first-order valence-corrected chi connectivity index (χ1v) is 20.7. The van der Waals surface area contributed by atoms with Crippen LogP contribution in [-0.4, -0.2) is 124 Å². The Balaban J connectivity index is 0.894. The van der Waals surface area contributed by atoms with Crippen LogP contribution in [0, 0.1) is 46.3 Å². The molecule has 0 aromatic heterocycles. The standard InChI is InChI=1S/C41H64O13/c1-19-9-14-41(49-17-19)20(2)30-28(54-41)16-27-25-8-7-23-15-24(10-12-39(23,5)26(25)11-13-40(27,30)6)52-38-34(46)32(44)31(43)29(53-38)18-48-37-35(47)33(45)36(21(3)50-37)51-22(4)42/h7,19-21,24-38,43-47H,8-18H2,1-6H3/t19-,20+,21+,24+,25-,26+,27+,28+,29-,30+,31-,32+,33+,34-,35-,36+,37-,38-,39+,40+,41-/m1/s1. The van der Waals surface area contributed by atoms with Crippen LogP contribution in [0.15, 0.2) is 11.6 Å². The molecule has 5 N–H and O–H groups in total. The molecule has 0 radical (unpaired) electrons. The molecule has 0 unspecified atom stereocenters. The Morgan fingerprint density at radius 2 is 1.65 bits per heavy atom. The van der Waals surface area contributed by atoms with E-state index in [-0.39, 0.29) is 29.6 Å². The van der Waals surface area contributed by atoms with Gasteiger partial charge in [0, 0.05) is 19.3 Å². The van der Waals surface area contributed by atoms with Crippen molar-refractivity contribution in [2.75, 3.05) is 13.2 Å². The number of esters is 1. The molecule has 0 aromatic carbocycles. The second kappa shape index (κ2) is 14.5. The molecular formula is C41H64O13. The molecule has 13 heteroatoms. The van der Waals surface area contributed by atoms with Gasteiger partial charge in [-0.3, -0.25) is 4.79 Å². The number of hydrogen-bond acceptors (Lipinski definition) is 13. The van der Waals surface area contributed by atoms with Gasteiger partial charge in [-0.15, -0.1) is 0 Å². The lowest BCUT2D eigenvalue weighted by Gasteiger charge is -2.58. The first-order chi connectivity index (χ1) is 25.6. The first-order valence-electron chi connectivity index (χ1n) is 20.7. The smallest absolute Gasteiger partial charge is 0.303 e. The largest absolute Gasteiger partial charge is 0.457 e. The molecule has 0 bridgehead atoms. The van der Waals surface area contributed by atoms with Gasteiger partial charge in [-0.2, -0.15) is 0 Å². The third-order valence-corrected chi connectivity index (χ3v) is 15.8. The maximum absolute atomic E-state index is 11.5. The third-order valence-electron chi connectivity index (χ3n) is 15.8. The molecule has 4 aliphatic carbocycles. The van der Waals surface area contributed by atoms with Gasteiger partial charge in [-0.05, 0) is 98.7 Å². The van der Waals surface area contributed by atoms with E-state index in [0.29, 0.717) is 41.9 Å². The topological polar surface area (TPSA) is 183 Å². The van der Waals surface area contributed by atoms with Crippen LogP contribution in [0.25, 0.3) is 0 Å². The van der Waals surface area contributed by atoms with Crippen molar-refractivity contribution in [2.24, 2.45) is 46.3 Å². The van der Waals surface area contributed by atoms with Crippen molar-refractivity contribution in [2.45, 2.75) is 179 Å². The molecule has 8 rings (SSSR count). The summed E-state index contributed by atoms with van der Waals surface area (Å²) in [7, 11) is 0. The maximum atomic E-state index is 11.5. The molecule has 4 saturated heterocycles. The van der Waals surface area contributed by atoms with Crippen molar-refractivity contribution < 1.29 is 63.5 Å². The molecule has 4 heterocycles. The molecule has 1 spiro atoms. The lowest BCUT2D eigenvalue weighted by Crippen LogP contribution is -2.62. The molecule has 7 fully saturated rings. The molecular weight excluding hydrogens is 700 g/mol. The SMILES string of the molecule is CC(=O)O[C@@H]1[C@@H](O)[C@@H](O)[C@H](OC[C@H]2O[C@@H](O[C@H]3CC[C@@]4(C)C(=CC[C@H]5[C@@H]6C[C@@H]7O[C@]8(CC[C@@H](C)CO8)[C@@H](C)[C@@H]7[C@@]6(C)CC[C@@H]54)C3)[C@H](O)[C@@H](O)[C@@H]2O)O[C@H]1C. The summed E-state index contributed by atoms with van der Waals surface area (Å²) in [5, 5.41) is 53.7. The van der Waals surface area contributed by atoms with Crippen molar-refractivity contribution in [1.82, 2.24) is 0 Å². The Morgan fingerprint density at radius 3 is 2.37 bits per heavy atom. The molecule has 4 aliphatic heterocycles. The Hall–Kier alpha value is -1.23. The van der Waals surface area contributed by atoms with Crippen LogP contribution in [0.3, 0.4) is 0 Å². The van der Waals surface area contributed by atoms with Crippen molar-refractivity contribution in [3.63, 3.8) is 0 Å². The molecule has 0 aromatic rings. The highest BCUT2D eigenvalue weighted by molar-refractivity contribution is 5.66. The van der Waals surface area contributed by atoms with E-state index in [4.69, 9.17) is 33.2 Å². The molecule has 3 saturated carbocycles. The average molecular weight is 765 g/mol. The number of ether oxygens (including phenoxy) is 7. The predicted molar refractivity (Wildman–Crippen MR) is 191 cm³/mol. The minimum absolute atomic E-state index is 0.0627. The summed E-state index contributed by atoms with van der Waals surface area (Å²) in [4.78, 5) is 11.5. The number of carbonyl (C=O) groups excluding carboxylic acids is 1. The van der Waals surface area contributed by atoms with E-state index in [1.807, 2.05) is 0 Å². The van der Waals surface area contributed by atoms with Crippen LogP contribution in [-0.2, 0) is 38.0 Å². The fourth-order valence-corrected chi connectivity index (χ4v) is 12.8. The van der Waals surface area contributed by atoms with E-state index in [1.165, 1.54) is 31.8 Å². The Kier molecular flexibility index (Phi) is 10.7. The predicted octanol–water partition coefficient (Wildman–Crippen LogP) is 2.96. The van der Waals surface area contributed by atoms with E-state index >= 15 is 0 Å². The summed E-state index contributed by atoms with van der Waals surface area (Å²) in [6.45, 7) is 12.9. The summed E-state index contributed by atoms with van der Waals surface area (Å²) in [5.41, 5.74) is 1.71. The normalized spacial score (nSPS) is 55.6. The summed E-state index contributed by atoms with van der Waals surface area (Å²) >= 11 is 0. The highest BCUT2D eigenvalue weighted by Gasteiger charge is 2.68. The van der Waals surface area contributed by atoms with Gasteiger partial charge in [0.15, 0.2) is 24.5 Å². The quantitative estimate of drug-likeness (QED) is 0.197. The summed E-state index contributed by atoms with van der Waals surface area (Å²) in [6.07, 6.45) is -1.42. The van der Waals surface area contributed by atoms with Gasteiger partial charge in [0.1, 0.15) is 36.6 Å². The highest BCUT2D eigenvalue weighted by atomic mass is 16.7. The van der Waals surface area contributed by atoms with Gasteiger partial charge < -0.3 is 58.7 Å². The lowest BCUT2D eigenvalue weighted by atomic mass is 9.47. The van der Waals surface area contributed by atoms with E-state index in [1.54, 1.807) is 6.92 Å². The number of aliphatic hydroxyl groups is 5. The Bertz CT molecular complexity index is 1420. The second-order valence-corrected chi connectivity index (χ2v) is 18.9. The first kappa shape index (κ1) is 39.6. The minimum atomic E-state index is -1.56. The number of carbonyl (C=O) groups is 1. The van der Waals surface area contributed by atoms with Crippen molar-refractivity contribution in [3.8, 4) is 0 Å². The van der Waals surface area contributed by atoms with Crippen molar-refractivity contribution in [3.05, 3.63) is 11.6 Å². The zero-order chi connectivity index (χ0) is 38.5. The molecule has 13 nitrogen and oxygen atoms in total. The average Bonchev–Trinajstić information content (AvgIpc) is 3.58. The summed E-state index contributed by atoms with van der Waals surface area (Å²) in [5.74, 6) is 2.31. The van der Waals surface area contributed by atoms with Gasteiger partial charge in [-0.25, -0.2) is 0 Å². The fourth-order valence-electron chi connectivity index (χ4n) is 12.8. The fraction of sp³-hybridized carbons (Fsp3) is 0.927. The van der Waals surface area contributed by atoms with Gasteiger partial charge in [0.05, 0.1) is 31.5 Å². The third kappa shape index (κ3) is 6.44. The van der Waals surface area contributed by atoms with Gasteiger partial charge in [0.2, 0.25) is 0 Å². The number of hydrogen-bond donors (Lipinski definition) is 5. The van der Waals surface area contributed by atoms with Crippen LogP contribution in [0.2, 0.25) is 0 Å². The van der Waals surface area contributed by atoms with E-state index in [9.17, 15) is 30.3 Å². The van der Waals surface area contributed by atoms with Gasteiger partial charge in [-0.1, -0.05) is 39.3 Å². The van der Waals surface area contributed by atoms with Crippen molar-refractivity contribution in [1.29, 1.82) is 0 Å². The molecule has 8 aliphatic rings. The van der Waals surface area contributed by atoms with Crippen LogP contribution in [0.4, 0.5) is 0 Å². The van der Waals surface area contributed by atoms with Crippen LogP contribution in [0.5, 0.6) is 0 Å². The number of aliphatic hydroxyl groups excluding tert-OH is 5. The van der Waals surface area contributed by atoms with Crippen LogP contribution in [0.1, 0.15) is 99.3 Å². The number of allylic oxidation sites excluding steroid dienone is 1. The summed E-state index contributed by atoms with van der Waals surface area (Å²) in [6, 6.07) is 0. The lowest BCUT2D eigenvalue weighted by molar-refractivity contribution is -0.334. The van der Waals surface area contributed by atoms with E-state index in [2.05, 4.69) is 33.8 Å². The van der Waals surface area contributed by atoms with E-state index in [0.717, 1.165) is 38.7 Å². The molecule has 21 atom stereocenters. The number of rotatable bonds is 6. The highest BCUT2D eigenvalue weighted by Crippen LogP contribution is 2.70. The van der Waals surface area contributed by atoms with Crippen molar-refractivity contribution >= 4 is 5.97 Å². The van der Waals surface area contributed by atoms with E-state index < -0.39 is 73.2 Å². The zero-order valence-corrected chi connectivity index (χ0v) is 32.7. The Labute approximate surface area is 319 Å². The summed E-state index contributed by atoms with van der Waals surface area (Å²) < 4.78 is 42.4. The second-order valence-electron chi connectivity index (χ2n) is 18.9. The molecule has 306 valence electrons. The maximum Gasteiger partial charge on any atom is 0.303 e. The van der Waals surface area contributed by atoms with Gasteiger partial charge in [0.25, 0.3) is 0 Å². The number of fused-ring (bicyclic) bond motifs is 7. The Morgan fingerprint density at radius 1 is 0.889 bits per heavy atom. The minimum Gasteiger partial charge on any atom is -0.457 e.